The summed E-state index contributed by atoms with van der Waals surface area (Å²) in [6.07, 6.45) is 0. The summed E-state index contributed by atoms with van der Waals surface area (Å²) in [4.78, 5) is 0. The van der Waals surface area contributed by atoms with Gasteiger partial charge in [-0.1, -0.05) is 88.7 Å². The van der Waals surface area contributed by atoms with Gasteiger partial charge in [-0.05, 0) is 28.8 Å². The van der Waals surface area contributed by atoms with E-state index in [1.54, 1.807) is 0 Å². The Morgan fingerprint density at radius 1 is 0.652 bits per heavy atom. The molecule has 3 aromatic rings. The zero-order chi connectivity index (χ0) is 16.1. The van der Waals surface area contributed by atoms with Crippen LogP contribution in [0.25, 0.3) is 11.1 Å². The molecular formula is C21H14BrN. The minimum Gasteiger partial charge on any atom is -0.192 e. The second kappa shape index (κ2) is 7.09. The molecule has 0 saturated heterocycles. The van der Waals surface area contributed by atoms with E-state index in [1.165, 1.54) is 0 Å². The Hall–Kier alpha value is -2.63. The van der Waals surface area contributed by atoms with E-state index in [0.29, 0.717) is 5.57 Å². The number of hydrogen-bond donors (Lipinski definition) is 0. The van der Waals surface area contributed by atoms with Crippen LogP contribution in [0.15, 0.2) is 89.4 Å². The van der Waals surface area contributed by atoms with E-state index in [-0.39, 0.29) is 0 Å². The third-order valence-electron chi connectivity index (χ3n) is 3.62. The second-order valence-corrected chi connectivity index (χ2v) is 6.02. The smallest absolute Gasteiger partial charge is 0.100 e. The van der Waals surface area contributed by atoms with Crippen LogP contribution >= 0.6 is 15.9 Å². The fraction of sp³-hybridized carbons (Fsp3) is 0. The lowest BCUT2D eigenvalue weighted by Crippen LogP contribution is -1.93. The van der Waals surface area contributed by atoms with Crippen LogP contribution in [0.4, 0.5) is 0 Å². The van der Waals surface area contributed by atoms with Gasteiger partial charge in [-0.15, -0.1) is 0 Å². The molecule has 110 valence electrons. The molecule has 0 aliphatic carbocycles. The summed E-state index contributed by atoms with van der Waals surface area (Å²) < 4.78 is 1.000. The van der Waals surface area contributed by atoms with Gasteiger partial charge >= 0.3 is 0 Å². The fourth-order valence-electron chi connectivity index (χ4n) is 2.55. The third kappa shape index (κ3) is 3.41. The number of hydrogen-bond acceptors (Lipinski definition) is 1. The molecule has 0 N–H and O–H groups in total. The molecule has 0 fully saturated rings. The summed E-state index contributed by atoms with van der Waals surface area (Å²) in [5, 5.41) is 9.82. The molecule has 3 aromatic carbocycles. The first-order chi connectivity index (χ1) is 11.3. The first-order valence-electron chi connectivity index (χ1n) is 7.31. The van der Waals surface area contributed by atoms with E-state index in [4.69, 9.17) is 0 Å². The van der Waals surface area contributed by atoms with Gasteiger partial charge in [-0.3, -0.25) is 0 Å². The molecule has 0 aliphatic rings. The molecule has 0 saturated carbocycles. The first-order valence-corrected chi connectivity index (χ1v) is 8.10. The monoisotopic (exact) mass is 359 g/mol. The lowest BCUT2D eigenvalue weighted by molar-refractivity contribution is 1.49. The van der Waals surface area contributed by atoms with Crippen LogP contribution in [-0.4, -0.2) is 0 Å². The van der Waals surface area contributed by atoms with Gasteiger partial charge in [0.1, 0.15) is 6.07 Å². The molecule has 0 bridgehead atoms. The Labute approximate surface area is 144 Å². The highest BCUT2D eigenvalue weighted by Crippen LogP contribution is 2.32. The number of nitrogens with zero attached hydrogens (tertiary/aromatic N) is 1. The Kier molecular flexibility index (Phi) is 4.71. The molecular weight excluding hydrogens is 346 g/mol. The molecule has 0 aromatic heterocycles. The molecule has 0 heterocycles. The zero-order valence-corrected chi connectivity index (χ0v) is 14.0. The van der Waals surface area contributed by atoms with Gasteiger partial charge in [0.25, 0.3) is 0 Å². The summed E-state index contributed by atoms with van der Waals surface area (Å²) in [6, 6.07) is 30.4. The van der Waals surface area contributed by atoms with E-state index in [0.717, 1.165) is 26.7 Å². The maximum Gasteiger partial charge on any atom is 0.100 e. The van der Waals surface area contributed by atoms with Crippen molar-refractivity contribution in [3.63, 3.8) is 0 Å². The fourth-order valence-corrected chi connectivity index (χ4v) is 2.81. The number of nitriles is 1. The first kappa shape index (κ1) is 15.3. The maximum absolute atomic E-state index is 9.82. The van der Waals surface area contributed by atoms with Gasteiger partial charge < -0.3 is 0 Å². The molecule has 0 spiro atoms. The predicted molar refractivity (Wildman–Crippen MR) is 98.6 cm³/mol. The van der Waals surface area contributed by atoms with Gasteiger partial charge in [-0.25, -0.2) is 0 Å². The van der Waals surface area contributed by atoms with Crippen molar-refractivity contribution in [2.45, 2.75) is 0 Å². The van der Waals surface area contributed by atoms with Crippen LogP contribution < -0.4 is 0 Å². The topological polar surface area (TPSA) is 23.8 Å². The van der Waals surface area contributed by atoms with Gasteiger partial charge in [0.15, 0.2) is 0 Å². The minimum absolute atomic E-state index is 0.676. The van der Waals surface area contributed by atoms with Crippen molar-refractivity contribution in [1.29, 1.82) is 5.26 Å². The Bertz CT molecular complexity index is 816. The summed E-state index contributed by atoms with van der Waals surface area (Å²) in [5.41, 5.74) is 4.63. The van der Waals surface area contributed by atoms with Crippen LogP contribution in [0.2, 0.25) is 0 Å². The molecule has 3 rings (SSSR count). The highest BCUT2D eigenvalue weighted by atomic mass is 79.9. The maximum atomic E-state index is 9.82. The van der Waals surface area contributed by atoms with Crippen molar-refractivity contribution < 1.29 is 0 Å². The quantitative estimate of drug-likeness (QED) is 0.419. The van der Waals surface area contributed by atoms with Crippen LogP contribution in [0.1, 0.15) is 16.7 Å². The van der Waals surface area contributed by atoms with E-state index in [1.807, 2.05) is 84.9 Å². The normalized spacial score (nSPS) is 9.91. The van der Waals surface area contributed by atoms with Crippen LogP contribution in [-0.2, 0) is 0 Å². The lowest BCUT2D eigenvalue weighted by Gasteiger charge is -2.12. The highest BCUT2D eigenvalue weighted by Gasteiger charge is 2.13. The predicted octanol–water partition coefficient (Wildman–Crippen LogP) is 5.93. The van der Waals surface area contributed by atoms with Crippen molar-refractivity contribution in [3.05, 3.63) is 106 Å². The van der Waals surface area contributed by atoms with Gasteiger partial charge in [0.05, 0.1) is 5.57 Å². The Morgan fingerprint density at radius 2 is 1.13 bits per heavy atom. The second-order valence-electron chi connectivity index (χ2n) is 5.10. The largest absolute Gasteiger partial charge is 0.192 e. The van der Waals surface area contributed by atoms with Crippen molar-refractivity contribution in [2.75, 3.05) is 0 Å². The lowest BCUT2D eigenvalue weighted by atomic mass is 9.90. The molecule has 23 heavy (non-hydrogen) atoms. The highest BCUT2D eigenvalue weighted by molar-refractivity contribution is 9.10. The number of rotatable bonds is 3. The third-order valence-corrected chi connectivity index (χ3v) is 4.15. The van der Waals surface area contributed by atoms with Crippen LogP contribution in [0, 0.1) is 11.3 Å². The van der Waals surface area contributed by atoms with E-state index in [9.17, 15) is 5.26 Å². The molecule has 0 radical (unpaired) electrons. The van der Waals surface area contributed by atoms with Crippen molar-refractivity contribution >= 4 is 27.1 Å². The van der Waals surface area contributed by atoms with E-state index < -0.39 is 0 Å². The Balaban J connectivity index is 2.28. The average Bonchev–Trinajstić information content (AvgIpc) is 2.62. The number of allylic oxidation sites excluding steroid dienone is 1. The SMILES string of the molecule is N#CC(=C(c1ccccc1)c1ccccc1)c1ccc(Br)cc1. The molecule has 0 aliphatic heterocycles. The number of benzene rings is 3. The Morgan fingerprint density at radius 3 is 1.57 bits per heavy atom. The van der Waals surface area contributed by atoms with E-state index >= 15 is 0 Å². The van der Waals surface area contributed by atoms with Crippen LogP contribution in [0.3, 0.4) is 0 Å². The van der Waals surface area contributed by atoms with Gasteiger partial charge in [0, 0.05) is 10.0 Å². The molecule has 0 unspecified atom stereocenters. The summed E-state index contributed by atoms with van der Waals surface area (Å²) in [5.74, 6) is 0. The van der Waals surface area contributed by atoms with Crippen LogP contribution in [0.5, 0.6) is 0 Å². The summed E-state index contributed by atoms with van der Waals surface area (Å²) in [7, 11) is 0. The van der Waals surface area contributed by atoms with Crippen molar-refractivity contribution in [1.82, 2.24) is 0 Å². The minimum atomic E-state index is 0.676. The van der Waals surface area contributed by atoms with E-state index in [2.05, 4.69) is 22.0 Å². The zero-order valence-electron chi connectivity index (χ0n) is 12.4. The van der Waals surface area contributed by atoms with Gasteiger partial charge in [-0.2, -0.15) is 5.26 Å². The standard InChI is InChI=1S/C21H14BrN/c22-19-13-11-16(12-14-19)20(15-23)21(17-7-3-1-4-8-17)18-9-5-2-6-10-18/h1-14H. The molecule has 2 heteroatoms. The number of halogens is 1. The molecule has 0 amide bonds. The summed E-state index contributed by atoms with van der Waals surface area (Å²) >= 11 is 3.44. The van der Waals surface area contributed by atoms with Crippen molar-refractivity contribution in [3.8, 4) is 6.07 Å². The average molecular weight is 360 g/mol. The van der Waals surface area contributed by atoms with Gasteiger partial charge in [0.2, 0.25) is 0 Å². The summed E-state index contributed by atoms with van der Waals surface area (Å²) in [6.45, 7) is 0. The molecule has 1 nitrogen and oxygen atoms in total. The molecule has 0 atom stereocenters. The van der Waals surface area contributed by atoms with Crippen molar-refractivity contribution in [2.24, 2.45) is 0 Å².